The molecule has 0 spiro atoms. The van der Waals surface area contributed by atoms with Crippen molar-refractivity contribution in [2.45, 2.75) is 23.8 Å². The number of nitrogen functional groups attached to an aromatic ring is 1. The van der Waals surface area contributed by atoms with Crippen molar-refractivity contribution in [1.29, 1.82) is 0 Å². The Morgan fingerprint density at radius 2 is 1.91 bits per heavy atom. The van der Waals surface area contributed by atoms with Gasteiger partial charge in [0, 0.05) is 28.0 Å². The highest BCUT2D eigenvalue weighted by atomic mass is 32.2. The first-order valence-corrected chi connectivity index (χ1v) is 11.2. The second kappa shape index (κ2) is 9.13. The van der Waals surface area contributed by atoms with E-state index in [1.54, 1.807) is 7.11 Å². The number of methoxy groups -OCH3 is 1. The van der Waals surface area contributed by atoms with Gasteiger partial charge >= 0.3 is 0 Å². The fraction of sp³-hybridized carbons (Fsp3) is 0.167. The fourth-order valence-corrected chi connectivity index (χ4v) is 4.44. The summed E-state index contributed by atoms with van der Waals surface area (Å²) in [6.07, 6.45) is -0.548. The molecular formula is C24H21FN4O3S. The third-order valence-corrected chi connectivity index (χ3v) is 6.26. The lowest BCUT2D eigenvalue weighted by atomic mass is 10.1. The Hall–Kier alpha value is -3.56. The summed E-state index contributed by atoms with van der Waals surface area (Å²) in [4.78, 5) is 0. The molecule has 0 bridgehead atoms. The first kappa shape index (κ1) is 21.3. The number of nitrogens with two attached hydrogens (primary N) is 1. The average Bonchev–Trinajstić information content (AvgIpc) is 3.23. The molecule has 9 heteroatoms. The van der Waals surface area contributed by atoms with Crippen LogP contribution in [0.4, 0.5) is 4.39 Å². The SMILES string of the molecule is COc1ccc(-c2nnc(SCc3cc(F)cc4c3OC(c3ccccc3)OC4)n2N)cc1. The summed E-state index contributed by atoms with van der Waals surface area (Å²) in [5.41, 5.74) is 3.09. The van der Waals surface area contributed by atoms with Gasteiger partial charge in [-0.15, -0.1) is 10.2 Å². The average molecular weight is 465 g/mol. The van der Waals surface area contributed by atoms with Gasteiger partial charge in [0.25, 0.3) is 0 Å². The Balaban J connectivity index is 1.36. The number of aromatic nitrogens is 3. The van der Waals surface area contributed by atoms with Crippen molar-refractivity contribution in [3.05, 3.63) is 89.2 Å². The van der Waals surface area contributed by atoms with Gasteiger partial charge in [0.1, 0.15) is 17.3 Å². The third kappa shape index (κ3) is 4.37. The minimum absolute atomic E-state index is 0.263. The van der Waals surface area contributed by atoms with E-state index in [1.165, 1.54) is 28.6 Å². The molecule has 3 aromatic carbocycles. The zero-order chi connectivity index (χ0) is 22.8. The van der Waals surface area contributed by atoms with Crippen LogP contribution < -0.4 is 15.3 Å². The lowest BCUT2D eigenvalue weighted by molar-refractivity contribution is -0.112. The molecule has 0 amide bonds. The molecule has 0 aliphatic carbocycles. The Labute approximate surface area is 194 Å². The molecule has 0 saturated carbocycles. The van der Waals surface area contributed by atoms with E-state index in [-0.39, 0.29) is 12.4 Å². The van der Waals surface area contributed by atoms with Crippen LogP contribution in [-0.4, -0.2) is 22.0 Å². The highest BCUT2D eigenvalue weighted by Crippen LogP contribution is 2.39. The number of ether oxygens (including phenoxy) is 3. The molecule has 1 aliphatic rings. The van der Waals surface area contributed by atoms with E-state index in [1.807, 2.05) is 54.6 Å². The number of fused-ring (bicyclic) bond motifs is 1. The molecule has 0 radical (unpaired) electrons. The van der Waals surface area contributed by atoms with Gasteiger partial charge in [-0.2, -0.15) is 0 Å². The van der Waals surface area contributed by atoms with E-state index in [4.69, 9.17) is 20.1 Å². The van der Waals surface area contributed by atoms with E-state index in [0.717, 1.165) is 16.9 Å². The predicted molar refractivity (Wildman–Crippen MR) is 123 cm³/mol. The van der Waals surface area contributed by atoms with Crippen molar-refractivity contribution < 1.29 is 18.6 Å². The standard InChI is InChI=1S/C24H21FN4O3S/c1-30-20-9-7-15(8-10-20)22-27-28-24(29(22)26)33-14-18-12-19(25)11-17-13-31-23(32-21(17)18)16-5-3-2-4-6-16/h2-12,23H,13-14,26H2,1H3. The first-order valence-electron chi connectivity index (χ1n) is 10.2. The summed E-state index contributed by atoms with van der Waals surface area (Å²) < 4.78 is 32.8. The van der Waals surface area contributed by atoms with Crippen molar-refractivity contribution in [2.75, 3.05) is 13.0 Å². The van der Waals surface area contributed by atoms with Gasteiger partial charge in [-0.1, -0.05) is 42.1 Å². The molecule has 1 aromatic heterocycles. The molecule has 0 fully saturated rings. The molecular weight excluding hydrogens is 443 g/mol. The molecule has 5 rings (SSSR count). The van der Waals surface area contributed by atoms with Gasteiger partial charge in [0.2, 0.25) is 11.4 Å². The minimum atomic E-state index is -0.548. The van der Waals surface area contributed by atoms with Crippen LogP contribution in [0.3, 0.4) is 0 Å². The summed E-state index contributed by atoms with van der Waals surface area (Å²) in [7, 11) is 1.61. The highest BCUT2D eigenvalue weighted by molar-refractivity contribution is 7.98. The fourth-order valence-electron chi connectivity index (χ4n) is 3.61. The maximum absolute atomic E-state index is 14.3. The monoisotopic (exact) mass is 464 g/mol. The van der Waals surface area contributed by atoms with Crippen LogP contribution in [0.15, 0.2) is 71.9 Å². The lowest BCUT2D eigenvalue weighted by Crippen LogP contribution is -2.19. The van der Waals surface area contributed by atoms with E-state index in [2.05, 4.69) is 10.2 Å². The molecule has 2 N–H and O–H groups in total. The van der Waals surface area contributed by atoms with Gasteiger partial charge < -0.3 is 20.1 Å². The number of rotatable bonds is 6. The summed E-state index contributed by atoms with van der Waals surface area (Å²) in [6.45, 7) is 0.263. The van der Waals surface area contributed by atoms with Crippen LogP contribution in [0.1, 0.15) is 23.0 Å². The predicted octanol–water partition coefficient (Wildman–Crippen LogP) is 4.71. The molecule has 4 aromatic rings. The molecule has 1 atom stereocenters. The van der Waals surface area contributed by atoms with Gasteiger partial charge in [0.05, 0.1) is 13.7 Å². The number of benzene rings is 3. The topological polar surface area (TPSA) is 84.4 Å². The molecule has 7 nitrogen and oxygen atoms in total. The Bertz CT molecular complexity index is 1260. The van der Waals surface area contributed by atoms with E-state index >= 15 is 0 Å². The molecule has 1 aliphatic heterocycles. The summed E-state index contributed by atoms with van der Waals surface area (Å²) in [5, 5.41) is 8.92. The zero-order valence-corrected chi connectivity index (χ0v) is 18.6. The number of hydrogen-bond donors (Lipinski definition) is 1. The maximum Gasteiger partial charge on any atom is 0.227 e. The van der Waals surface area contributed by atoms with E-state index < -0.39 is 6.29 Å². The second-order valence-electron chi connectivity index (χ2n) is 7.42. The summed E-state index contributed by atoms with van der Waals surface area (Å²) >= 11 is 1.35. The lowest BCUT2D eigenvalue weighted by Gasteiger charge is -2.28. The van der Waals surface area contributed by atoms with Crippen molar-refractivity contribution in [1.82, 2.24) is 14.9 Å². The summed E-state index contributed by atoms with van der Waals surface area (Å²) in [6, 6.07) is 20.0. The molecule has 33 heavy (non-hydrogen) atoms. The van der Waals surface area contributed by atoms with Crippen molar-refractivity contribution >= 4 is 11.8 Å². The van der Waals surface area contributed by atoms with Crippen LogP contribution in [0, 0.1) is 5.82 Å². The Morgan fingerprint density at radius 3 is 2.67 bits per heavy atom. The number of thioether (sulfide) groups is 1. The van der Waals surface area contributed by atoms with Crippen LogP contribution in [-0.2, 0) is 17.1 Å². The number of hydrogen-bond acceptors (Lipinski definition) is 7. The third-order valence-electron chi connectivity index (χ3n) is 5.26. The van der Waals surface area contributed by atoms with Gasteiger partial charge in [-0.25, -0.2) is 9.07 Å². The largest absolute Gasteiger partial charge is 0.497 e. The minimum Gasteiger partial charge on any atom is -0.497 e. The molecule has 0 saturated heterocycles. The van der Waals surface area contributed by atoms with E-state index in [9.17, 15) is 4.39 Å². The quantitative estimate of drug-likeness (QED) is 0.327. The van der Waals surface area contributed by atoms with Crippen molar-refractivity contribution in [3.63, 3.8) is 0 Å². The van der Waals surface area contributed by atoms with Crippen molar-refractivity contribution in [3.8, 4) is 22.9 Å². The van der Waals surface area contributed by atoms with Crippen molar-refractivity contribution in [2.24, 2.45) is 0 Å². The van der Waals surface area contributed by atoms with Crippen LogP contribution in [0.2, 0.25) is 0 Å². The summed E-state index contributed by atoms with van der Waals surface area (Å²) in [5.74, 6) is 8.20. The first-order chi connectivity index (χ1) is 16.1. The number of halogens is 1. The van der Waals surface area contributed by atoms with Crippen LogP contribution >= 0.6 is 11.8 Å². The highest BCUT2D eigenvalue weighted by Gasteiger charge is 2.25. The maximum atomic E-state index is 14.3. The Morgan fingerprint density at radius 1 is 1.12 bits per heavy atom. The van der Waals surface area contributed by atoms with Crippen LogP contribution in [0.25, 0.3) is 11.4 Å². The number of nitrogens with zero attached hydrogens (tertiary/aromatic N) is 3. The zero-order valence-electron chi connectivity index (χ0n) is 17.8. The smallest absolute Gasteiger partial charge is 0.227 e. The second-order valence-corrected chi connectivity index (χ2v) is 8.36. The van der Waals surface area contributed by atoms with Crippen LogP contribution in [0.5, 0.6) is 11.5 Å². The Kier molecular flexibility index (Phi) is 5.89. The van der Waals surface area contributed by atoms with E-state index in [0.29, 0.717) is 33.6 Å². The van der Waals surface area contributed by atoms with Gasteiger partial charge in [0.15, 0.2) is 5.82 Å². The molecule has 168 valence electrons. The molecule has 2 heterocycles. The van der Waals surface area contributed by atoms with Gasteiger partial charge in [-0.3, -0.25) is 0 Å². The normalized spacial score (nSPS) is 15.0. The molecule has 1 unspecified atom stereocenters. The van der Waals surface area contributed by atoms with Gasteiger partial charge in [-0.05, 0) is 36.4 Å².